The summed E-state index contributed by atoms with van der Waals surface area (Å²) >= 11 is 0. The maximum absolute atomic E-state index is 13.3. The van der Waals surface area contributed by atoms with Crippen LogP contribution in [0.3, 0.4) is 0 Å². The van der Waals surface area contributed by atoms with Gasteiger partial charge < -0.3 is 4.74 Å². The molecule has 0 aliphatic carbocycles. The van der Waals surface area contributed by atoms with E-state index in [9.17, 15) is 13.2 Å². The average molecular weight is 348 g/mol. The quantitative estimate of drug-likeness (QED) is 0.719. The number of ether oxygens (including phenoxy) is 1. The van der Waals surface area contributed by atoms with E-state index < -0.39 is 11.9 Å². The van der Waals surface area contributed by atoms with Gasteiger partial charge in [-0.05, 0) is 50.2 Å². The highest BCUT2D eigenvalue weighted by molar-refractivity contribution is 5.61. The third-order valence-electron chi connectivity index (χ3n) is 3.59. The standard InChI is InChI=1S/C17H15F3N4O/c1-10-8-11(2)24(23-10)16-21-14(9-15(22-16)17(18,19)20)12-4-6-13(25-3)7-5-12/h4-9H,1-3H3. The van der Waals surface area contributed by atoms with Gasteiger partial charge in [0.15, 0.2) is 5.69 Å². The molecule has 0 aliphatic rings. The first-order valence-electron chi connectivity index (χ1n) is 7.42. The lowest BCUT2D eigenvalue weighted by Gasteiger charge is -2.11. The molecule has 2 aromatic heterocycles. The molecule has 2 heterocycles. The first-order chi connectivity index (χ1) is 11.8. The number of rotatable bonds is 3. The molecule has 0 atom stereocenters. The van der Waals surface area contributed by atoms with Gasteiger partial charge in [0.2, 0.25) is 0 Å². The van der Waals surface area contributed by atoms with Crippen molar-refractivity contribution in [1.82, 2.24) is 19.7 Å². The second-order valence-corrected chi connectivity index (χ2v) is 5.50. The van der Waals surface area contributed by atoms with Crippen molar-refractivity contribution < 1.29 is 17.9 Å². The van der Waals surface area contributed by atoms with Crippen molar-refractivity contribution in [2.45, 2.75) is 20.0 Å². The fourth-order valence-electron chi connectivity index (χ4n) is 2.42. The SMILES string of the molecule is COc1ccc(-c2cc(C(F)(F)F)nc(-n3nc(C)cc3C)n2)cc1. The molecular weight excluding hydrogens is 333 g/mol. The van der Waals surface area contributed by atoms with Crippen LogP contribution in [0.25, 0.3) is 17.2 Å². The Labute approximate surface area is 142 Å². The van der Waals surface area contributed by atoms with Gasteiger partial charge in [-0.25, -0.2) is 14.6 Å². The lowest BCUT2D eigenvalue weighted by atomic mass is 10.1. The van der Waals surface area contributed by atoms with E-state index in [1.807, 2.05) is 0 Å². The second-order valence-electron chi connectivity index (χ2n) is 5.50. The van der Waals surface area contributed by atoms with Crippen molar-refractivity contribution in [3.63, 3.8) is 0 Å². The zero-order valence-electron chi connectivity index (χ0n) is 13.8. The first-order valence-corrected chi connectivity index (χ1v) is 7.42. The van der Waals surface area contributed by atoms with Gasteiger partial charge >= 0.3 is 6.18 Å². The molecule has 0 fully saturated rings. The molecule has 8 heteroatoms. The van der Waals surface area contributed by atoms with E-state index in [0.29, 0.717) is 22.7 Å². The van der Waals surface area contributed by atoms with E-state index >= 15 is 0 Å². The number of aromatic nitrogens is 4. The van der Waals surface area contributed by atoms with Crippen LogP contribution in [0.4, 0.5) is 13.2 Å². The Morgan fingerprint density at radius 1 is 1.00 bits per heavy atom. The predicted octanol–water partition coefficient (Wildman–Crippen LogP) is 3.97. The summed E-state index contributed by atoms with van der Waals surface area (Å²) in [5.74, 6) is 0.485. The van der Waals surface area contributed by atoms with Crippen LogP contribution in [0.5, 0.6) is 5.75 Å². The fourth-order valence-corrected chi connectivity index (χ4v) is 2.42. The maximum atomic E-state index is 13.3. The lowest BCUT2D eigenvalue weighted by Crippen LogP contribution is -2.14. The predicted molar refractivity (Wildman–Crippen MR) is 85.6 cm³/mol. The molecule has 130 valence electrons. The van der Waals surface area contributed by atoms with Crippen LogP contribution in [0.2, 0.25) is 0 Å². The van der Waals surface area contributed by atoms with Crippen LogP contribution in [-0.2, 0) is 6.18 Å². The highest BCUT2D eigenvalue weighted by Crippen LogP contribution is 2.31. The Bertz CT molecular complexity index is 901. The van der Waals surface area contributed by atoms with E-state index in [0.717, 1.165) is 6.07 Å². The number of benzene rings is 1. The molecule has 25 heavy (non-hydrogen) atoms. The van der Waals surface area contributed by atoms with E-state index in [1.54, 1.807) is 44.2 Å². The van der Waals surface area contributed by atoms with Gasteiger partial charge in [-0.15, -0.1) is 0 Å². The summed E-state index contributed by atoms with van der Waals surface area (Å²) in [4.78, 5) is 7.91. The van der Waals surface area contributed by atoms with Crippen molar-refractivity contribution >= 4 is 0 Å². The summed E-state index contributed by atoms with van der Waals surface area (Å²) in [7, 11) is 1.52. The zero-order valence-corrected chi connectivity index (χ0v) is 13.8. The first kappa shape index (κ1) is 16.9. The normalized spacial score (nSPS) is 11.6. The molecule has 3 aromatic rings. The van der Waals surface area contributed by atoms with Crippen LogP contribution in [0.15, 0.2) is 36.4 Å². The monoisotopic (exact) mass is 348 g/mol. The molecule has 0 amide bonds. The van der Waals surface area contributed by atoms with Crippen LogP contribution in [0.1, 0.15) is 17.1 Å². The number of nitrogens with zero attached hydrogens (tertiary/aromatic N) is 4. The Hall–Kier alpha value is -2.90. The van der Waals surface area contributed by atoms with Crippen molar-refractivity contribution in [3.05, 3.63) is 53.5 Å². The minimum atomic E-state index is -4.59. The van der Waals surface area contributed by atoms with Gasteiger partial charge in [0.1, 0.15) is 5.75 Å². The highest BCUT2D eigenvalue weighted by Gasteiger charge is 2.34. The van der Waals surface area contributed by atoms with Gasteiger partial charge in [-0.3, -0.25) is 0 Å². The van der Waals surface area contributed by atoms with Crippen molar-refractivity contribution in [1.29, 1.82) is 0 Å². The topological polar surface area (TPSA) is 52.8 Å². The molecule has 0 spiro atoms. The van der Waals surface area contributed by atoms with Crippen molar-refractivity contribution in [2.24, 2.45) is 0 Å². The Morgan fingerprint density at radius 2 is 1.68 bits per heavy atom. The van der Waals surface area contributed by atoms with E-state index in [-0.39, 0.29) is 11.6 Å². The number of hydrogen-bond acceptors (Lipinski definition) is 4. The van der Waals surface area contributed by atoms with Gasteiger partial charge in [-0.1, -0.05) is 0 Å². The van der Waals surface area contributed by atoms with Crippen molar-refractivity contribution in [3.8, 4) is 23.0 Å². The van der Waals surface area contributed by atoms with Crippen molar-refractivity contribution in [2.75, 3.05) is 7.11 Å². The van der Waals surface area contributed by atoms with E-state index in [1.165, 1.54) is 11.8 Å². The van der Waals surface area contributed by atoms with Gasteiger partial charge in [0, 0.05) is 11.3 Å². The summed E-state index contributed by atoms with van der Waals surface area (Å²) in [6.07, 6.45) is -4.59. The average Bonchev–Trinajstić information content (AvgIpc) is 2.92. The summed E-state index contributed by atoms with van der Waals surface area (Å²) in [6, 6.07) is 9.29. The molecule has 1 aromatic carbocycles. The molecule has 3 rings (SSSR count). The molecular formula is C17H15F3N4O. The van der Waals surface area contributed by atoms with Crippen LogP contribution < -0.4 is 4.74 Å². The maximum Gasteiger partial charge on any atom is 0.433 e. The molecule has 0 aliphatic heterocycles. The minimum Gasteiger partial charge on any atom is -0.497 e. The lowest BCUT2D eigenvalue weighted by molar-refractivity contribution is -0.141. The molecule has 0 unspecified atom stereocenters. The Kier molecular flexibility index (Phi) is 4.20. The summed E-state index contributed by atoms with van der Waals surface area (Å²) in [5, 5.41) is 4.17. The largest absolute Gasteiger partial charge is 0.497 e. The third-order valence-corrected chi connectivity index (χ3v) is 3.59. The Balaban J connectivity index is 2.17. The van der Waals surface area contributed by atoms with E-state index in [2.05, 4.69) is 15.1 Å². The van der Waals surface area contributed by atoms with Gasteiger partial charge in [0.25, 0.3) is 5.95 Å². The van der Waals surface area contributed by atoms with Gasteiger partial charge in [0.05, 0.1) is 18.5 Å². The van der Waals surface area contributed by atoms with Gasteiger partial charge in [-0.2, -0.15) is 18.3 Å². The number of hydrogen-bond donors (Lipinski definition) is 0. The number of aryl methyl sites for hydroxylation is 2. The number of halogens is 3. The third kappa shape index (κ3) is 3.47. The number of methoxy groups -OCH3 is 1. The fraction of sp³-hybridized carbons (Fsp3) is 0.235. The molecule has 0 radical (unpaired) electrons. The smallest absolute Gasteiger partial charge is 0.433 e. The van der Waals surface area contributed by atoms with Crippen LogP contribution in [0, 0.1) is 13.8 Å². The summed E-state index contributed by atoms with van der Waals surface area (Å²) in [5.41, 5.74) is 0.988. The Morgan fingerprint density at radius 3 is 2.20 bits per heavy atom. The minimum absolute atomic E-state index is 0.119. The summed E-state index contributed by atoms with van der Waals surface area (Å²) < 4.78 is 46.2. The molecule has 0 bridgehead atoms. The molecule has 0 N–H and O–H groups in total. The highest BCUT2D eigenvalue weighted by atomic mass is 19.4. The number of alkyl halides is 3. The van der Waals surface area contributed by atoms with E-state index in [4.69, 9.17) is 4.74 Å². The zero-order chi connectivity index (χ0) is 18.2. The molecule has 0 saturated heterocycles. The van der Waals surface area contributed by atoms with Crippen LogP contribution in [-0.4, -0.2) is 26.9 Å². The molecule has 5 nitrogen and oxygen atoms in total. The second kappa shape index (κ2) is 6.19. The summed E-state index contributed by atoms with van der Waals surface area (Å²) in [6.45, 7) is 3.48. The van der Waals surface area contributed by atoms with Crippen LogP contribution >= 0.6 is 0 Å². The molecule has 0 saturated carbocycles.